The molecular formula is C19H22N4O4. The lowest BCUT2D eigenvalue weighted by Crippen LogP contribution is -2.28. The highest BCUT2D eigenvalue weighted by atomic mass is 16.6. The maximum atomic E-state index is 13.0. The highest BCUT2D eigenvalue weighted by molar-refractivity contribution is 6.04. The Labute approximate surface area is 155 Å². The number of hydrogen-bond acceptors (Lipinski definition) is 7. The minimum atomic E-state index is -0.616. The normalized spacial score (nSPS) is 11.4. The number of nitrogens with one attached hydrogen (secondary N) is 1. The topological polar surface area (TPSA) is 115 Å². The Balaban J connectivity index is 2.19. The van der Waals surface area contributed by atoms with Crippen LogP contribution in [0.1, 0.15) is 13.8 Å². The van der Waals surface area contributed by atoms with E-state index in [1.54, 1.807) is 24.3 Å². The molecule has 3 rings (SSSR count). The summed E-state index contributed by atoms with van der Waals surface area (Å²) in [6, 6.07) is 8.12. The summed E-state index contributed by atoms with van der Waals surface area (Å²) in [6.07, 6.45) is 0. The molecule has 0 fully saturated rings. The van der Waals surface area contributed by atoms with Crippen molar-refractivity contribution in [2.75, 3.05) is 37.2 Å². The number of nitrogens with two attached hydrogens (primary N) is 1. The predicted molar refractivity (Wildman–Crippen MR) is 107 cm³/mol. The van der Waals surface area contributed by atoms with E-state index >= 15 is 0 Å². The van der Waals surface area contributed by atoms with Gasteiger partial charge in [0.15, 0.2) is 0 Å². The molecule has 8 nitrogen and oxygen atoms in total. The van der Waals surface area contributed by atoms with Crippen LogP contribution in [-0.2, 0) is 0 Å². The van der Waals surface area contributed by atoms with Crippen molar-refractivity contribution in [3.05, 3.63) is 50.7 Å². The van der Waals surface area contributed by atoms with E-state index in [0.717, 1.165) is 19.6 Å². The molecule has 2 aromatic carbocycles. The van der Waals surface area contributed by atoms with Crippen LogP contribution in [0.15, 0.2) is 39.5 Å². The third-order valence-corrected chi connectivity index (χ3v) is 4.68. The van der Waals surface area contributed by atoms with E-state index in [0.29, 0.717) is 17.6 Å². The quantitative estimate of drug-likeness (QED) is 0.284. The Kier molecular flexibility index (Phi) is 5.27. The van der Waals surface area contributed by atoms with Crippen molar-refractivity contribution in [1.82, 2.24) is 4.90 Å². The van der Waals surface area contributed by atoms with Crippen LogP contribution in [0.5, 0.6) is 0 Å². The first-order valence-corrected chi connectivity index (χ1v) is 8.86. The maximum absolute atomic E-state index is 13.0. The molecule has 0 amide bonds. The van der Waals surface area contributed by atoms with Crippen molar-refractivity contribution >= 4 is 39.0 Å². The monoisotopic (exact) mass is 370 g/mol. The Morgan fingerprint density at radius 2 is 1.96 bits per heavy atom. The third kappa shape index (κ3) is 3.43. The van der Waals surface area contributed by atoms with Crippen LogP contribution in [0.4, 0.5) is 17.1 Å². The van der Waals surface area contributed by atoms with E-state index in [9.17, 15) is 14.9 Å². The van der Waals surface area contributed by atoms with Gasteiger partial charge in [-0.3, -0.25) is 14.9 Å². The minimum absolute atomic E-state index is 0.0451. The van der Waals surface area contributed by atoms with Crippen molar-refractivity contribution in [1.29, 1.82) is 0 Å². The molecule has 0 spiro atoms. The molecule has 0 aliphatic heterocycles. The molecule has 1 aromatic heterocycles. The summed E-state index contributed by atoms with van der Waals surface area (Å²) < 4.78 is 5.74. The largest absolute Gasteiger partial charge is 0.448 e. The number of para-hydroxylation sites is 1. The summed E-state index contributed by atoms with van der Waals surface area (Å²) in [6.45, 7) is 7.31. The summed E-state index contributed by atoms with van der Waals surface area (Å²) >= 11 is 0. The van der Waals surface area contributed by atoms with E-state index in [1.807, 2.05) is 0 Å². The zero-order valence-corrected chi connectivity index (χ0v) is 15.3. The number of nitro groups is 1. The number of rotatable bonds is 7. The summed E-state index contributed by atoms with van der Waals surface area (Å²) in [5.41, 5.74) is 5.79. The first-order valence-electron chi connectivity index (χ1n) is 8.86. The van der Waals surface area contributed by atoms with Crippen molar-refractivity contribution < 1.29 is 9.34 Å². The second-order valence-electron chi connectivity index (χ2n) is 6.20. The summed E-state index contributed by atoms with van der Waals surface area (Å²) in [5.74, 6) is 0. The number of anilines is 2. The second kappa shape index (κ2) is 7.63. The zero-order chi connectivity index (χ0) is 19.6. The molecule has 0 aliphatic rings. The lowest BCUT2D eigenvalue weighted by Gasteiger charge is -2.19. The van der Waals surface area contributed by atoms with Crippen LogP contribution in [0, 0.1) is 10.1 Å². The number of hydrogen-bond donors (Lipinski definition) is 2. The van der Waals surface area contributed by atoms with Gasteiger partial charge in [-0.25, -0.2) is 0 Å². The van der Waals surface area contributed by atoms with E-state index in [2.05, 4.69) is 24.1 Å². The Bertz CT molecular complexity index is 1060. The van der Waals surface area contributed by atoms with Gasteiger partial charge in [-0.05, 0) is 31.3 Å². The molecule has 0 unspecified atom stereocenters. The van der Waals surface area contributed by atoms with Crippen LogP contribution in [0.25, 0.3) is 21.9 Å². The molecule has 142 valence electrons. The standard InChI is InChI=1S/C19H22N4O4/c1-3-22(4-2)10-9-21-14-11-13(20)17(23(25)26)19-16(14)18(24)12-7-5-6-8-15(12)27-19/h5-8,11,21H,3-4,9-10,20H2,1-2H3. The average molecular weight is 370 g/mol. The van der Waals surface area contributed by atoms with Gasteiger partial charge >= 0.3 is 5.69 Å². The van der Waals surface area contributed by atoms with Crippen LogP contribution in [0.3, 0.4) is 0 Å². The van der Waals surface area contributed by atoms with Crippen molar-refractivity contribution in [2.45, 2.75) is 13.8 Å². The number of nitrogen functional groups attached to an aromatic ring is 1. The Morgan fingerprint density at radius 3 is 2.63 bits per heavy atom. The van der Waals surface area contributed by atoms with Gasteiger partial charge in [0, 0.05) is 13.1 Å². The molecule has 3 N–H and O–H groups in total. The highest BCUT2D eigenvalue weighted by Gasteiger charge is 2.25. The van der Waals surface area contributed by atoms with Crippen LogP contribution in [0.2, 0.25) is 0 Å². The van der Waals surface area contributed by atoms with Gasteiger partial charge in [0.05, 0.1) is 21.4 Å². The number of fused-ring (bicyclic) bond motifs is 2. The zero-order valence-electron chi connectivity index (χ0n) is 15.3. The van der Waals surface area contributed by atoms with Crippen molar-refractivity contribution in [3.8, 4) is 0 Å². The summed E-state index contributed by atoms with van der Waals surface area (Å²) in [7, 11) is 0. The molecule has 0 bridgehead atoms. The van der Waals surface area contributed by atoms with E-state index in [4.69, 9.17) is 10.2 Å². The van der Waals surface area contributed by atoms with E-state index in [1.165, 1.54) is 6.07 Å². The fourth-order valence-electron chi connectivity index (χ4n) is 3.20. The minimum Gasteiger partial charge on any atom is -0.448 e. The van der Waals surface area contributed by atoms with E-state index in [-0.39, 0.29) is 33.4 Å². The molecule has 0 radical (unpaired) electrons. The number of benzene rings is 2. The fraction of sp³-hybridized carbons (Fsp3) is 0.316. The van der Waals surface area contributed by atoms with Gasteiger partial charge in [-0.15, -0.1) is 0 Å². The lowest BCUT2D eigenvalue weighted by molar-refractivity contribution is -0.382. The lowest BCUT2D eigenvalue weighted by atomic mass is 10.1. The second-order valence-corrected chi connectivity index (χ2v) is 6.20. The molecule has 27 heavy (non-hydrogen) atoms. The number of nitro benzene ring substituents is 1. The van der Waals surface area contributed by atoms with Gasteiger partial charge in [0.2, 0.25) is 11.0 Å². The Morgan fingerprint density at radius 1 is 1.26 bits per heavy atom. The van der Waals surface area contributed by atoms with Crippen LogP contribution < -0.4 is 16.5 Å². The molecule has 0 aliphatic carbocycles. The van der Waals surface area contributed by atoms with Gasteiger partial charge in [0.1, 0.15) is 11.3 Å². The van der Waals surface area contributed by atoms with Crippen LogP contribution >= 0.6 is 0 Å². The maximum Gasteiger partial charge on any atom is 0.335 e. The molecule has 0 saturated carbocycles. The predicted octanol–water partition coefficient (Wildman–Crippen LogP) is 3.19. The number of likely N-dealkylation sites (N-methyl/N-ethyl adjacent to an activating group) is 1. The summed E-state index contributed by atoms with van der Waals surface area (Å²) in [4.78, 5) is 26.2. The molecule has 8 heteroatoms. The third-order valence-electron chi connectivity index (χ3n) is 4.68. The van der Waals surface area contributed by atoms with Gasteiger partial charge in [-0.1, -0.05) is 26.0 Å². The van der Waals surface area contributed by atoms with E-state index < -0.39 is 4.92 Å². The van der Waals surface area contributed by atoms with Gasteiger partial charge in [0.25, 0.3) is 0 Å². The van der Waals surface area contributed by atoms with Gasteiger partial charge in [-0.2, -0.15) is 0 Å². The van der Waals surface area contributed by atoms with Crippen molar-refractivity contribution in [3.63, 3.8) is 0 Å². The highest BCUT2D eigenvalue weighted by Crippen LogP contribution is 2.36. The smallest absolute Gasteiger partial charge is 0.335 e. The molecule has 1 heterocycles. The SMILES string of the molecule is CCN(CC)CCNc1cc(N)c([N+](=O)[O-])c2oc3ccccc3c(=O)c12. The fourth-order valence-corrected chi connectivity index (χ4v) is 3.20. The average Bonchev–Trinajstić information content (AvgIpc) is 2.64. The number of nitrogens with zero attached hydrogens (tertiary/aromatic N) is 2. The summed E-state index contributed by atoms with van der Waals surface area (Å²) in [5, 5.41) is 15.2. The first-order chi connectivity index (χ1) is 13.0. The van der Waals surface area contributed by atoms with Gasteiger partial charge < -0.3 is 20.4 Å². The molecule has 0 saturated heterocycles. The van der Waals surface area contributed by atoms with Crippen LogP contribution in [-0.4, -0.2) is 36.0 Å². The first kappa shape index (κ1) is 18.7. The molecule has 3 aromatic rings. The van der Waals surface area contributed by atoms with Crippen molar-refractivity contribution in [2.24, 2.45) is 0 Å². The Hall–Kier alpha value is -3.13. The molecular weight excluding hydrogens is 348 g/mol. The molecule has 0 atom stereocenters.